The van der Waals surface area contributed by atoms with E-state index in [0.29, 0.717) is 0 Å². The maximum atomic E-state index is 6.16. The van der Waals surface area contributed by atoms with Gasteiger partial charge in [-0.15, -0.1) is 0 Å². The normalized spacial score (nSPS) is 17.8. The van der Waals surface area contributed by atoms with Gasteiger partial charge in [-0.3, -0.25) is 9.88 Å². The lowest BCUT2D eigenvalue weighted by atomic mass is 9.96. The maximum absolute atomic E-state index is 6.16. The summed E-state index contributed by atoms with van der Waals surface area (Å²) >= 11 is 6.16. The van der Waals surface area contributed by atoms with Gasteiger partial charge < -0.3 is 5.32 Å². The lowest BCUT2D eigenvalue weighted by molar-refractivity contribution is 0.175. The van der Waals surface area contributed by atoms with Gasteiger partial charge in [-0.1, -0.05) is 18.5 Å². The number of likely N-dealkylation sites (tertiary alicyclic amines) is 1. The number of rotatable bonds is 6. The van der Waals surface area contributed by atoms with Crippen molar-refractivity contribution in [1.82, 2.24) is 15.2 Å². The number of aromatic nitrogens is 1. The first-order valence-electron chi connectivity index (χ1n) is 7.31. The molecule has 106 valence electrons. The van der Waals surface area contributed by atoms with Gasteiger partial charge in [-0.2, -0.15) is 0 Å². The molecule has 3 nitrogen and oxygen atoms in total. The van der Waals surface area contributed by atoms with Gasteiger partial charge in [0.25, 0.3) is 0 Å². The maximum Gasteiger partial charge on any atom is 0.0634 e. The summed E-state index contributed by atoms with van der Waals surface area (Å²) in [5.41, 5.74) is 1.19. The molecular formula is C15H24ClN3. The minimum absolute atomic E-state index is 0.786. The van der Waals surface area contributed by atoms with Crippen LogP contribution in [-0.2, 0) is 6.54 Å². The third-order valence-corrected chi connectivity index (χ3v) is 4.16. The van der Waals surface area contributed by atoms with Gasteiger partial charge in [0, 0.05) is 18.9 Å². The number of piperidine rings is 1. The van der Waals surface area contributed by atoms with Gasteiger partial charge in [-0.25, -0.2) is 0 Å². The molecule has 1 saturated heterocycles. The van der Waals surface area contributed by atoms with Crippen molar-refractivity contribution < 1.29 is 0 Å². The summed E-state index contributed by atoms with van der Waals surface area (Å²) in [5, 5.41) is 4.32. The first kappa shape index (κ1) is 14.8. The van der Waals surface area contributed by atoms with Gasteiger partial charge in [0.05, 0.1) is 5.02 Å². The van der Waals surface area contributed by atoms with Crippen LogP contribution in [0.3, 0.4) is 0 Å². The van der Waals surface area contributed by atoms with Crippen molar-refractivity contribution in [2.45, 2.75) is 32.7 Å². The smallest absolute Gasteiger partial charge is 0.0634 e. The standard InChI is InChI=1S/C15H24ClN3/c1-2-6-17-10-13-4-8-19(9-5-13)12-14-3-7-18-11-15(14)16/h3,7,11,13,17H,2,4-6,8-10,12H2,1H3. The molecule has 0 amide bonds. The van der Waals surface area contributed by atoms with Gasteiger partial charge in [-0.05, 0) is 63.0 Å². The number of halogens is 1. The highest BCUT2D eigenvalue weighted by atomic mass is 35.5. The zero-order chi connectivity index (χ0) is 13.5. The SMILES string of the molecule is CCCNCC1CCN(Cc2ccncc2Cl)CC1. The molecule has 1 fully saturated rings. The van der Waals surface area contributed by atoms with Gasteiger partial charge in [0.1, 0.15) is 0 Å². The Kier molecular flexibility index (Phi) is 6.08. The average molecular weight is 282 g/mol. The van der Waals surface area contributed by atoms with Crippen LogP contribution in [0, 0.1) is 5.92 Å². The van der Waals surface area contributed by atoms with Crippen molar-refractivity contribution >= 4 is 11.6 Å². The van der Waals surface area contributed by atoms with E-state index in [9.17, 15) is 0 Å². The van der Waals surface area contributed by atoms with Crippen molar-refractivity contribution in [2.24, 2.45) is 5.92 Å². The van der Waals surface area contributed by atoms with E-state index in [-0.39, 0.29) is 0 Å². The van der Waals surface area contributed by atoms with Crippen molar-refractivity contribution in [3.05, 3.63) is 29.0 Å². The lowest BCUT2D eigenvalue weighted by Gasteiger charge is -2.32. The highest BCUT2D eigenvalue weighted by molar-refractivity contribution is 6.31. The lowest BCUT2D eigenvalue weighted by Crippen LogP contribution is -2.37. The molecule has 2 heterocycles. The fraction of sp³-hybridized carbons (Fsp3) is 0.667. The Labute approximate surface area is 121 Å². The second kappa shape index (κ2) is 7.83. The van der Waals surface area contributed by atoms with E-state index in [1.165, 1.54) is 44.5 Å². The molecule has 0 unspecified atom stereocenters. The van der Waals surface area contributed by atoms with Crippen LogP contribution < -0.4 is 5.32 Å². The van der Waals surface area contributed by atoms with E-state index in [0.717, 1.165) is 24.0 Å². The van der Waals surface area contributed by atoms with Gasteiger partial charge >= 0.3 is 0 Å². The summed E-state index contributed by atoms with van der Waals surface area (Å²) in [6, 6.07) is 2.03. The molecule has 19 heavy (non-hydrogen) atoms. The summed E-state index contributed by atoms with van der Waals surface area (Å²) < 4.78 is 0. The van der Waals surface area contributed by atoms with E-state index in [1.807, 2.05) is 12.3 Å². The second-order valence-corrected chi connectivity index (χ2v) is 5.80. The van der Waals surface area contributed by atoms with Crippen molar-refractivity contribution in [1.29, 1.82) is 0 Å². The first-order valence-corrected chi connectivity index (χ1v) is 7.69. The van der Waals surface area contributed by atoms with Crippen LogP contribution in [0.5, 0.6) is 0 Å². The van der Waals surface area contributed by atoms with Crippen LogP contribution >= 0.6 is 11.6 Å². The first-order chi connectivity index (χ1) is 9.29. The molecule has 0 radical (unpaired) electrons. The molecule has 0 bridgehead atoms. The van der Waals surface area contributed by atoms with Crippen LogP contribution in [-0.4, -0.2) is 36.1 Å². The Morgan fingerprint density at radius 1 is 1.42 bits per heavy atom. The number of pyridine rings is 1. The van der Waals surface area contributed by atoms with Crippen LogP contribution in [0.2, 0.25) is 5.02 Å². The van der Waals surface area contributed by atoms with E-state index in [1.54, 1.807) is 6.20 Å². The molecule has 1 aromatic heterocycles. The average Bonchev–Trinajstić information content (AvgIpc) is 2.44. The van der Waals surface area contributed by atoms with E-state index < -0.39 is 0 Å². The molecule has 0 aromatic carbocycles. The van der Waals surface area contributed by atoms with E-state index in [4.69, 9.17) is 11.6 Å². The van der Waals surface area contributed by atoms with Crippen molar-refractivity contribution in [3.8, 4) is 0 Å². The van der Waals surface area contributed by atoms with Crippen LogP contribution in [0.15, 0.2) is 18.5 Å². The zero-order valence-electron chi connectivity index (χ0n) is 11.7. The number of hydrogen-bond donors (Lipinski definition) is 1. The molecule has 4 heteroatoms. The highest BCUT2D eigenvalue weighted by Crippen LogP contribution is 2.21. The summed E-state index contributed by atoms with van der Waals surface area (Å²) in [5.74, 6) is 0.843. The number of nitrogens with one attached hydrogen (secondary N) is 1. The molecule has 1 aliphatic rings. The Balaban J connectivity index is 1.73. The fourth-order valence-corrected chi connectivity index (χ4v) is 2.78. The summed E-state index contributed by atoms with van der Waals surface area (Å²) in [6.07, 6.45) is 7.36. The van der Waals surface area contributed by atoms with Gasteiger partial charge in [0.2, 0.25) is 0 Å². The van der Waals surface area contributed by atoms with Crippen LogP contribution in [0.25, 0.3) is 0 Å². The molecule has 0 atom stereocenters. The highest BCUT2D eigenvalue weighted by Gasteiger charge is 2.19. The molecule has 1 N–H and O–H groups in total. The van der Waals surface area contributed by atoms with Gasteiger partial charge in [0.15, 0.2) is 0 Å². The topological polar surface area (TPSA) is 28.2 Å². The molecular weight excluding hydrogens is 258 g/mol. The monoisotopic (exact) mass is 281 g/mol. The van der Waals surface area contributed by atoms with E-state index in [2.05, 4.69) is 22.1 Å². The molecule has 0 spiro atoms. The second-order valence-electron chi connectivity index (χ2n) is 5.39. The van der Waals surface area contributed by atoms with Crippen LogP contribution in [0.1, 0.15) is 31.7 Å². The van der Waals surface area contributed by atoms with E-state index >= 15 is 0 Å². The Hall–Kier alpha value is -0.640. The molecule has 2 rings (SSSR count). The third-order valence-electron chi connectivity index (χ3n) is 3.82. The summed E-state index contributed by atoms with van der Waals surface area (Å²) in [7, 11) is 0. The molecule has 0 saturated carbocycles. The molecule has 1 aliphatic heterocycles. The minimum atomic E-state index is 0.786. The Morgan fingerprint density at radius 2 is 2.21 bits per heavy atom. The predicted octanol–water partition coefficient (Wildman–Crippen LogP) is 2.95. The van der Waals surface area contributed by atoms with Crippen molar-refractivity contribution in [2.75, 3.05) is 26.2 Å². The predicted molar refractivity (Wildman–Crippen MR) is 80.4 cm³/mol. The Bertz CT molecular complexity index is 375. The summed E-state index contributed by atoms with van der Waals surface area (Å²) in [6.45, 7) is 7.85. The Morgan fingerprint density at radius 3 is 2.89 bits per heavy atom. The minimum Gasteiger partial charge on any atom is -0.316 e. The largest absolute Gasteiger partial charge is 0.316 e. The number of nitrogens with zero attached hydrogens (tertiary/aromatic N) is 2. The third kappa shape index (κ3) is 4.75. The molecule has 1 aromatic rings. The molecule has 0 aliphatic carbocycles. The number of hydrogen-bond acceptors (Lipinski definition) is 3. The van der Waals surface area contributed by atoms with Crippen molar-refractivity contribution in [3.63, 3.8) is 0 Å². The zero-order valence-corrected chi connectivity index (χ0v) is 12.5. The fourth-order valence-electron chi connectivity index (χ4n) is 2.60. The quantitative estimate of drug-likeness (QED) is 0.813. The van der Waals surface area contributed by atoms with Crippen LogP contribution in [0.4, 0.5) is 0 Å². The summed E-state index contributed by atoms with van der Waals surface area (Å²) in [4.78, 5) is 6.53.